The van der Waals surface area contributed by atoms with Crippen molar-refractivity contribution < 1.29 is 19.1 Å². The van der Waals surface area contributed by atoms with Crippen LogP contribution in [0, 0.1) is 6.92 Å². The van der Waals surface area contributed by atoms with Crippen LogP contribution in [0.15, 0.2) is 60.3 Å². The standard InChI is InChI=1S/C22H24N2O4/c1-16-9-7-8-12-19(16)14-24(3)21(26)15-28-22(27)20(23-17(2)25)13-18-10-5-4-6-11-18/h4-13H,14-15H2,1-3H3,(H,23,25)/b20-13-. The monoisotopic (exact) mass is 380 g/mol. The van der Waals surface area contributed by atoms with Crippen molar-refractivity contribution in [2.24, 2.45) is 0 Å². The maximum absolute atomic E-state index is 12.3. The Bertz CT molecular complexity index is 875. The molecule has 2 rings (SSSR count). The molecule has 1 N–H and O–H groups in total. The largest absolute Gasteiger partial charge is 0.451 e. The highest BCUT2D eigenvalue weighted by Gasteiger charge is 2.17. The number of nitrogens with one attached hydrogen (secondary N) is 1. The van der Waals surface area contributed by atoms with Crippen molar-refractivity contribution in [2.75, 3.05) is 13.7 Å². The number of hydrogen-bond donors (Lipinski definition) is 1. The van der Waals surface area contributed by atoms with E-state index in [1.165, 1.54) is 17.9 Å². The molecule has 2 amide bonds. The predicted octanol–water partition coefficient (Wildman–Crippen LogP) is 2.67. The van der Waals surface area contributed by atoms with Gasteiger partial charge in [0.1, 0.15) is 5.70 Å². The summed E-state index contributed by atoms with van der Waals surface area (Å²) in [5.74, 6) is -1.50. The fraction of sp³-hybridized carbons (Fsp3) is 0.227. The molecule has 0 saturated heterocycles. The minimum atomic E-state index is -0.767. The number of aryl methyl sites for hydroxylation is 1. The number of amides is 2. The lowest BCUT2D eigenvalue weighted by molar-refractivity contribution is -0.149. The normalized spacial score (nSPS) is 10.9. The summed E-state index contributed by atoms with van der Waals surface area (Å²) in [6.45, 7) is 3.28. The summed E-state index contributed by atoms with van der Waals surface area (Å²) < 4.78 is 5.11. The molecule has 2 aromatic carbocycles. The second-order valence-corrected chi connectivity index (χ2v) is 6.40. The molecule has 0 spiro atoms. The topological polar surface area (TPSA) is 75.7 Å². The average Bonchev–Trinajstić information content (AvgIpc) is 2.67. The van der Waals surface area contributed by atoms with Gasteiger partial charge >= 0.3 is 5.97 Å². The molecule has 0 heterocycles. The Hall–Kier alpha value is -3.41. The summed E-state index contributed by atoms with van der Waals surface area (Å²) in [5.41, 5.74) is 2.81. The van der Waals surface area contributed by atoms with Crippen LogP contribution in [0.1, 0.15) is 23.6 Å². The lowest BCUT2D eigenvalue weighted by Crippen LogP contribution is -2.33. The molecular weight excluding hydrogens is 356 g/mol. The highest BCUT2D eigenvalue weighted by Crippen LogP contribution is 2.10. The van der Waals surface area contributed by atoms with E-state index in [1.54, 1.807) is 19.2 Å². The zero-order valence-corrected chi connectivity index (χ0v) is 16.3. The third-order valence-electron chi connectivity index (χ3n) is 4.06. The first kappa shape index (κ1) is 20.9. The van der Waals surface area contributed by atoms with Crippen LogP contribution in [0.25, 0.3) is 6.08 Å². The molecule has 2 aromatic rings. The van der Waals surface area contributed by atoms with E-state index in [0.29, 0.717) is 6.54 Å². The molecule has 6 heteroatoms. The average molecular weight is 380 g/mol. The molecule has 0 radical (unpaired) electrons. The van der Waals surface area contributed by atoms with Crippen molar-refractivity contribution in [3.63, 3.8) is 0 Å². The molecule has 0 atom stereocenters. The quantitative estimate of drug-likeness (QED) is 0.592. The summed E-state index contributed by atoms with van der Waals surface area (Å²) in [7, 11) is 1.65. The third kappa shape index (κ3) is 6.39. The van der Waals surface area contributed by atoms with Crippen LogP contribution in [-0.2, 0) is 25.7 Å². The van der Waals surface area contributed by atoms with Gasteiger partial charge in [0.15, 0.2) is 6.61 Å². The van der Waals surface area contributed by atoms with E-state index < -0.39 is 18.5 Å². The SMILES string of the molecule is CC(=O)N/C(=C\c1ccccc1)C(=O)OCC(=O)N(C)Cc1ccccc1C. The highest BCUT2D eigenvalue weighted by molar-refractivity contribution is 5.98. The van der Waals surface area contributed by atoms with Gasteiger partial charge < -0.3 is 15.0 Å². The first-order valence-electron chi connectivity index (χ1n) is 8.86. The molecule has 0 unspecified atom stereocenters. The first-order valence-corrected chi connectivity index (χ1v) is 8.86. The second kappa shape index (κ2) is 10.1. The molecule has 0 fully saturated rings. The number of rotatable bonds is 7. The Morgan fingerprint density at radius 1 is 1.04 bits per heavy atom. The highest BCUT2D eigenvalue weighted by atomic mass is 16.5. The fourth-order valence-electron chi connectivity index (χ4n) is 2.50. The van der Waals surface area contributed by atoms with E-state index in [9.17, 15) is 14.4 Å². The number of carbonyl (C=O) groups is 3. The molecule has 146 valence electrons. The Morgan fingerprint density at radius 2 is 1.68 bits per heavy atom. The lowest BCUT2D eigenvalue weighted by Gasteiger charge is -2.18. The van der Waals surface area contributed by atoms with Crippen molar-refractivity contribution in [1.82, 2.24) is 10.2 Å². The zero-order chi connectivity index (χ0) is 20.5. The van der Waals surface area contributed by atoms with Crippen LogP contribution >= 0.6 is 0 Å². The number of ether oxygens (including phenoxy) is 1. The Kier molecular flexibility index (Phi) is 7.51. The van der Waals surface area contributed by atoms with Gasteiger partial charge in [-0.05, 0) is 29.7 Å². The van der Waals surface area contributed by atoms with E-state index in [2.05, 4.69) is 5.32 Å². The molecule has 28 heavy (non-hydrogen) atoms. The minimum absolute atomic E-state index is 0.0203. The smallest absolute Gasteiger partial charge is 0.355 e. The Balaban J connectivity index is 1.99. The van der Waals surface area contributed by atoms with Crippen LogP contribution in [-0.4, -0.2) is 36.3 Å². The van der Waals surface area contributed by atoms with Crippen molar-refractivity contribution in [3.05, 3.63) is 77.0 Å². The number of nitrogens with zero attached hydrogens (tertiary/aromatic N) is 1. The second-order valence-electron chi connectivity index (χ2n) is 6.40. The predicted molar refractivity (Wildman–Crippen MR) is 107 cm³/mol. The lowest BCUT2D eigenvalue weighted by atomic mass is 10.1. The van der Waals surface area contributed by atoms with Gasteiger partial charge in [-0.25, -0.2) is 4.79 Å². The van der Waals surface area contributed by atoms with Crippen LogP contribution in [0.5, 0.6) is 0 Å². The van der Waals surface area contributed by atoms with Gasteiger partial charge in [0.05, 0.1) is 0 Å². The van der Waals surface area contributed by atoms with E-state index in [4.69, 9.17) is 4.74 Å². The molecule has 0 aliphatic carbocycles. The van der Waals surface area contributed by atoms with Gasteiger partial charge in [-0.1, -0.05) is 54.6 Å². The Labute approximate surface area is 164 Å². The van der Waals surface area contributed by atoms with E-state index in [0.717, 1.165) is 16.7 Å². The van der Waals surface area contributed by atoms with E-state index >= 15 is 0 Å². The minimum Gasteiger partial charge on any atom is -0.451 e. The van der Waals surface area contributed by atoms with Crippen LogP contribution in [0.4, 0.5) is 0 Å². The zero-order valence-electron chi connectivity index (χ0n) is 16.3. The molecule has 0 saturated carbocycles. The maximum atomic E-state index is 12.3. The number of benzene rings is 2. The summed E-state index contributed by atoms with van der Waals surface area (Å²) in [6.07, 6.45) is 1.51. The molecule has 0 bridgehead atoms. The third-order valence-corrected chi connectivity index (χ3v) is 4.06. The van der Waals surface area contributed by atoms with Gasteiger partial charge in [0, 0.05) is 20.5 Å². The van der Waals surface area contributed by atoms with E-state index in [-0.39, 0.29) is 11.6 Å². The molecule has 0 aliphatic rings. The number of esters is 1. The van der Waals surface area contributed by atoms with Crippen LogP contribution in [0.3, 0.4) is 0 Å². The van der Waals surface area contributed by atoms with Crippen LogP contribution < -0.4 is 5.32 Å². The number of likely N-dealkylation sites (N-methyl/N-ethyl adjacent to an activating group) is 1. The van der Waals surface area contributed by atoms with Crippen molar-refractivity contribution in [1.29, 1.82) is 0 Å². The van der Waals surface area contributed by atoms with Crippen molar-refractivity contribution in [2.45, 2.75) is 20.4 Å². The summed E-state index contributed by atoms with van der Waals surface area (Å²) in [4.78, 5) is 37.5. The molecular formula is C22H24N2O4. The van der Waals surface area contributed by atoms with Crippen molar-refractivity contribution in [3.8, 4) is 0 Å². The van der Waals surface area contributed by atoms with Gasteiger partial charge in [0.25, 0.3) is 5.91 Å². The van der Waals surface area contributed by atoms with Gasteiger partial charge in [-0.15, -0.1) is 0 Å². The summed E-state index contributed by atoms with van der Waals surface area (Å²) in [6, 6.07) is 16.8. The van der Waals surface area contributed by atoms with E-state index in [1.807, 2.05) is 49.4 Å². The fourth-order valence-corrected chi connectivity index (χ4v) is 2.50. The van der Waals surface area contributed by atoms with Gasteiger partial charge in [0.2, 0.25) is 5.91 Å². The number of hydrogen-bond acceptors (Lipinski definition) is 4. The molecule has 0 aromatic heterocycles. The van der Waals surface area contributed by atoms with Gasteiger partial charge in [-0.3, -0.25) is 9.59 Å². The van der Waals surface area contributed by atoms with Crippen LogP contribution in [0.2, 0.25) is 0 Å². The summed E-state index contributed by atoms with van der Waals surface area (Å²) in [5, 5.41) is 2.45. The summed E-state index contributed by atoms with van der Waals surface area (Å²) >= 11 is 0. The molecule has 0 aliphatic heterocycles. The first-order chi connectivity index (χ1) is 13.4. The van der Waals surface area contributed by atoms with Gasteiger partial charge in [-0.2, -0.15) is 0 Å². The number of carbonyl (C=O) groups excluding carboxylic acids is 3. The Morgan fingerprint density at radius 3 is 2.32 bits per heavy atom. The van der Waals surface area contributed by atoms with Crippen molar-refractivity contribution >= 4 is 23.9 Å². The maximum Gasteiger partial charge on any atom is 0.355 e. The molecule has 6 nitrogen and oxygen atoms in total.